The molecule has 4 rings (SSSR count). The second-order valence-corrected chi connectivity index (χ2v) is 8.61. The van der Waals surface area contributed by atoms with E-state index >= 15 is 0 Å². The molecule has 2 atom stereocenters. The minimum Gasteiger partial charge on any atom is -0.468 e. The predicted octanol–water partition coefficient (Wildman–Crippen LogP) is 3.98. The van der Waals surface area contributed by atoms with Crippen molar-refractivity contribution in [2.45, 2.75) is 38.9 Å². The van der Waals surface area contributed by atoms with Crippen molar-refractivity contribution in [1.82, 2.24) is 15.2 Å². The number of hydrogen-bond donors (Lipinski definition) is 2. The van der Waals surface area contributed by atoms with Crippen molar-refractivity contribution < 1.29 is 14.3 Å². The molecule has 2 N–H and O–H groups in total. The molecule has 0 bridgehead atoms. The maximum absolute atomic E-state index is 13.0. The third-order valence-electron chi connectivity index (χ3n) is 5.93. The number of carbonyl (C=O) groups is 2. The number of esters is 1. The molecule has 1 aromatic heterocycles. The largest absolute Gasteiger partial charge is 0.468 e. The Labute approximate surface area is 186 Å². The molecule has 0 unspecified atom stereocenters. The number of aromatic amines is 1. The van der Waals surface area contributed by atoms with Gasteiger partial charge in [-0.15, -0.1) is 0 Å². The lowest BCUT2D eigenvalue weighted by Crippen LogP contribution is -2.38. The maximum atomic E-state index is 13.0. The van der Waals surface area contributed by atoms with Crippen LogP contribution in [-0.4, -0.2) is 47.5 Å². The standard InChI is InChI=1S/C24H26ClN3O3/c1-14-5-4-6-16(9-14)12-28-13-18(11-21(28)24(30)31-3)26-23(29)22-15(2)19-10-17(25)7-8-20(19)27-22/h4-10,18,21,27H,11-13H2,1-3H3,(H,26,29)/t18-,21+/m1/s1. The van der Waals surface area contributed by atoms with Crippen LogP contribution in [0.15, 0.2) is 42.5 Å². The van der Waals surface area contributed by atoms with Crippen LogP contribution in [0.2, 0.25) is 5.02 Å². The van der Waals surface area contributed by atoms with Crippen LogP contribution in [0.3, 0.4) is 0 Å². The van der Waals surface area contributed by atoms with Crippen molar-refractivity contribution in [3.8, 4) is 0 Å². The topological polar surface area (TPSA) is 74.4 Å². The van der Waals surface area contributed by atoms with Crippen LogP contribution in [0.5, 0.6) is 0 Å². The number of aromatic nitrogens is 1. The molecule has 1 amide bonds. The van der Waals surface area contributed by atoms with E-state index < -0.39 is 6.04 Å². The van der Waals surface area contributed by atoms with E-state index in [1.807, 2.05) is 44.2 Å². The number of rotatable bonds is 5. The summed E-state index contributed by atoms with van der Waals surface area (Å²) in [5.41, 5.74) is 4.54. The van der Waals surface area contributed by atoms with Gasteiger partial charge >= 0.3 is 5.97 Å². The lowest BCUT2D eigenvalue weighted by Gasteiger charge is -2.22. The molecule has 2 heterocycles. The van der Waals surface area contributed by atoms with Crippen LogP contribution in [0.1, 0.15) is 33.6 Å². The van der Waals surface area contributed by atoms with Gasteiger partial charge < -0.3 is 15.0 Å². The van der Waals surface area contributed by atoms with Crippen LogP contribution in [-0.2, 0) is 16.1 Å². The number of carbonyl (C=O) groups excluding carboxylic acids is 2. The number of amides is 1. The number of nitrogens with one attached hydrogen (secondary N) is 2. The van der Waals surface area contributed by atoms with Crippen LogP contribution in [0.4, 0.5) is 0 Å². The van der Waals surface area contributed by atoms with Crippen molar-refractivity contribution in [2.24, 2.45) is 0 Å². The van der Waals surface area contributed by atoms with Crippen molar-refractivity contribution in [1.29, 1.82) is 0 Å². The van der Waals surface area contributed by atoms with Gasteiger partial charge in [0.25, 0.3) is 5.91 Å². The maximum Gasteiger partial charge on any atom is 0.323 e. The van der Waals surface area contributed by atoms with Gasteiger partial charge in [-0.3, -0.25) is 14.5 Å². The molecule has 3 aromatic rings. The molecule has 31 heavy (non-hydrogen) atoms. The van der Waals surface area contributed by atoms with Crippen molar-refractivity contribution in [3.05, 3.63) is 69.9 Å². The van der Waals surface area contributed by atoms with Gasteiger partial charge in [0.2, 0.25) is 0 Å². The first-order valence-corrected chi connectivity index (χ1v) is 10.7. The molecule has 0 spiro atoms. The Bertz CT molecular complexity index is 1140. The zero-order valence-electron chi connectivity index (χ0n) is 17.9. The van der Waals surface area contributed by atoms with Crippen LogP contribution < -0.4 is 5.32 Å². The average Bonchev–Trinajstić information content (AvgIpc) is 3.28. The molecule has 1 aliphatic rings. The summed E-state index contributed by atoms with van der Waals surface area (Å²) >= 11 is 6.10. The van der Waals surface area contributed by atoms with Gasteiger partial charge in [-0.1, -0.05) is 41.4 Å². The second kappa shape index (κ2) is 8.73. The summed E-state index contributed by atoms with van der Waals surface area (Å²) in [6.45, 7) is 5.15. The van der Waals surface area contributed by atoms with E-state index in [2.05, 4.69) is 21.3 Å². The molecule has 0 radical (unpaired) electrons. The van der Waals surface area contributed by atoms with Gasteiger partial charge in [0.05, 0.1) is 7.11 Å². The number of hydrogen-bond acceptors (Lipinski definition) is 4. The summed E-state index contributed by atoms with van der Waals surface area (Å²) in [7, 11) is 1.40. The number of methoxy groups -OCH3 is 1. The highest BCUT2D eigenvalue weighted by molar-refractivity contribution is 6.31. The number of likely N-dealkylation sites (tertiary alicyclic amines) is 1. The number of aryl methyl sites for hydroxylation is 2. The van der Waals surface area contributed by atoms with Crippen molar-refractivity contribution in [3.63, 3.8) is 0 Å². The zero-order valence-corrected chi connectivity index (χ0v) is 18.6. The first-order chi connectivity index (χ1) is 14.9. The monoisotopic (exact) mass is 439 g/mol. The molecule has 162 valence electrons. The number of H-pyrrole nitrogens is 1. The number of halogens is 1. The van der Waals surface area contributed by atoms with E-state index in [1.54, 1.807) is 6.07 Å². The van der Waals surface area contributed by atoms with Gasteiger partial charge in [0, 0.05) is 35.1 Å². The Morgan fingerprint density at radius 2 is 2.03 bits per heavy atom. The highest BCUT2D eigenvalue weighted by atomic mass is 35.5. The summed E-state index contributed by atoms with van der Waals surface area (Å²) in [4.78, 5) is 30.7. The fourth-order valence-electron chi connectivity index (χ4n) is 4.39. The highest BCUT2D eigenvalue weighted by Crippen LogP contribution is 2.26. The summed E-state index contributed by atoms with van der Waals surface area (Å²) in [6, 6.07) is 13.2. The van der Waals surface area contributed by atoms with Crippen LogP contribution in [0.25, 0.3) is 10.9 Å². The third kappa shape index (κ3) is 4.45. The van der Waals surface area contributed by atoms with E-state index in [0.29, 0.717) is 30.2 Å². The SMILES string of the molecule is COC(=O)[C@@H]1C[C@@H](NC(=O)c2[nH]c3ccc(Cl)cc3c2C)CN1Cc1cccc(C)c1. The molecule has 1 saturated heterocycles. The lowest BCUT2D eigenvalue weighted by atomic mass is 10.1. The molecular formula is C24H26ClN3O3. The van der Waals surface area contributed by atoms with Gasteiger partial charge in [-0.05, 0) is 49.6 Å². The molecular weight excluding hydrogens is 414 g/mol. The number of benzene rings is 2. The smallest absolute Gasteiger partial charge is 0.323 e. The molecule has 6 nitrogen and oxygen atoms in total. The minimum absolute atomic E-state index is 0.157. The summed E-state index contributed by atoms with van der Waals surface area (Å²) in [6.07, 6.45) is 0.509. The van der Waals surface area contributed by atoms with Crippen molar-refractivity contribution >= 4 is 34.4 Å². The van der Waals surface area contributed by atoms with E-state index in [-0.39, 0.29) is 17.9 Å². The normalized spacial score (nSPS) is 19.0. The molecule has 1 fully saturated rings. The quantitative estimate of drug-likeness (QED) is 0.589. The predicted molar refractivity (Wildman–Crippen MR) is 121 cm³/mol. The fourth-order valence-corrected chi connectivity index (χ4v) is 4.56. The number of fused-ring (bicyclic) bond motifs is 1. The van der Waals surface area contributed by atoms with E-state index in [4.69, 9.17) is 16.3 Å². The van der Waals surface area contributed by atoms with E-state index in [0.717, 1.165) is 22.0 Å². The number of ether oxygens (including phenoxy) is 1. The first-order valence-electron chi connectivity index (χ1n) is 10.3. The summed E-state index contributed by atoms with van der Waals surface area (Å²) < 4.78 is 5.02. The van der Waals surface area contributed by atoms with Gasteiger partial charge in [-0.2, -0.15) is 0 Å². The lowest BCUT2D eigenvalue weighted by molar-refractivity contribution is -0.146. The van der Waals surface area contributed by atoms with Crippen LogP contribution in [0, 0.1) is 13.8 Å². The first kappa shape index (κ1) is 21.4. The Morgan fingerprint density at radius 3 is 2.77 bits per heavy atom. The Morgan fingerprint density at radius 1 is 1.23 bits per heavy atom. The zero-order chi connectivity index (χ0) is 22.1. The average molecular weight is 440 g/mol. The molecule has 0 aliphatic carbocycles. The Kier molecular flexibility index (Phi) is 6.03. The van der Waals surface area contributed by atoms with Gasteiger partial charge in [0.15, 0.2) is 0 Å². The van der Waals surface area contributed by atoms with Gasteiger partial charge in [-0.25, -0.2) is 0 Å². The molecule has 0 saturated carbocycles. The van der Waals surface area contributed by atoms with E-state index in [1.165, 1.54) is 12.7 Å². The van der Waals surface area contributed by atoms with Crippen LogP contribution >= 0.6 is 11.6 Å². The summed E-state index contributed by atoms with van der Waals surface area (Å²) in [5.74, 6) is -0.461. The summed E-state index contributed by atoms with van der Waals surface area (Å²) in [5, 5.41) is 4.65. The third-order valence-corrected chi connectivity index (χ3v) is 6.16. The number of nitrogens with zero attached hydrogens (tertiary/aromatic N) is 1. The Hall–Kier alpha value is -2.83. The van der Waals surface area contributed by atoms with E-state index in [9.17, 15) is 9.59 Å². The fraction of sp³-hybridized carbons (Fsp3) is 0.333. The molecule has 2 aromatic carbocycles. The molecule has 1 aliphatic heterocycles. The highest BCUT2D eigenvalue weighted by Gasteiger charge is 2.38. The van der Waals surface area contributed by atoms with Gasteiger partial charge in [0.1, 0.15) is 11.7 Å². The van der Waals surface area contributed by atoms with Crippen molar-refractivity contribution in [2.75, 3.05) is 13.7 Å². The second-order valence-electron chi connectivity index (χ2n) is 8.18. The Balaban J connectivity index is 1.51. The molecule has 7 heteroatoms. The minimum atomic E-state index is -0.390.